The van der Waals surface area contributed by atoms with Crippen LogP contribution in [0.2, 0.25) is 5.02 Å². The highest BCUT2D eigenvalue weighted by Crippen LogP contribution is 2.18. The van der Waals surface area contributed by atoms with Gasteiger partial charge in [-0.3, -0.25) is 0 Å². The quantitative estimate of drug-likeness (QED) is 0.900. The number of hydrogen-bond acceptors (Lipinski definition) is 2. The van der Waals surface area contributed by atoms with Gasteiger partial charge >= 0.3 is 6.03 Å². The van der Waals surface area contributed by atoms with Gasteiger partial charge in [-0.1, -0.05) is 17.7 Å². The minimum absolute atomic E-state index is 0.0873. The van der Waals surface area contributed by atoms with Crippen molar-refractivity contribution in [2.24, 2.45) is 0 Å². The molecule has 0 bridgehead atoms. The van der Waals surface area contributed by atoms with E-state index >= 15 is 0 Å². The smallest absolute Gasteiger partial charge is 0.315 e. The maximum Gasteiger partial charge on any atom is 0.315 e. The van der Waals surface area contributed by atoms with Gasteiger partial charge < -0.3 is 15.5 Å². The zero-order chi connectivity index (χ0) is 14.5. The molecular weight excluding hydrogens is 281 g/mol. The molecule has 110 valence electrons. The van der Waals surface area contributed by atoms with E-state index in [0.717, 1.165) is 25.9 Å². The fraction of sp³-hybridized carbons (Fsp3) is 0.500. The van der Waals surface area contributed by atoms with Gasteiger partial charge in [-0.25, -0.2) is 9.18 Å². The maximum atomic E-state index is 13.5. The van der Waals surface area contributed by atoms with Crippen molar-refractivity contribution in [1.82, 2.24) is 15.5 Å². The first-order valence-electron chi connectivity index (χ1n) is 6.72. The molecule has 2 rings (SSSR count). The summed E-state index contributed by atoms with van der Waals surface area (Å²) in [5, 5.41) is 5.88. The molecular formula is C14H19ClFN3O. The Hall–Kier alpha value is -1.33. The van der Waals surface area contributed by atoms with Crippen LogP contribution in [0, 0.1) is 5.82 Å². The van der Waals surface area contributed by atoms with Gasteiger partial charge in [-0.2, -0.15) is 0 Å². The van der Waals surface area contributed by atoms with Crippen molar-refractivity contribution >= 4 is 17.6 Å². The van der Waals surface area contributed by atoms with E-state index in [0.29, 0.717) is 10.6 Å². The zero-order valence-electron chi connectivity index (χ0n) is 11.5. The number of benzene rings is 1. The molecule has 1 aliphatic rings. The third-order valence-corrected chi connectivity index (χ3v) is 3.90. The number of nitrogens with one attached hydrogen (secondary N) is 2. The Labute approximate surface area is 123 Å². The van der Waals surface area contributed by atoms with Crippen LogP contribution in [0.1, 0.15) is 18.4 Å². The number of likely N-dealkylation sites (tertiary alicyclic amines) is 1. The molecule has 0 aliphatic carbocycles. The first-order valence-corrected chi connectivity index (χ1v) is 7.10. The largest absolute Gasteiger partial charge is 0.335 e. The number of halogens is 2. The minimum Gasteiger partial charge on any atom is -0.335 e. The van der Waals surface area contributed by atoms with Crippen molar-refractivity contribution < 1.29 is 9.18 Å². The van der Waals surface area contributed by atoms with Crippen LogP contribution in [0.15, 0.2) is 18.2 Å². The lowest BCUT2D eigenvalue weighted by Crippen LogP contribution is -2.47. The molecule has 0 unspecified atom stereocenters. The van der Waals surface area contributed by atoms with Crippen LogP contribution in [-0.4, -0.2) is 37.1 Å². The van der Waals surface area contributed by atoms with E-state index in [-0.39, 0.29) is 18.6 Å². The van der Waals surface area contributed by atoms with Crippen molar-refractivity contribution in [2.45, 2.75) is 25.4 Å². The average molecular weight is 300 g/mol. The van der Waals surface area contributed by atoms with Crippen molar-refractivity contribution in [3.8, 4) is 0 Å². The Morgan fingerprint density at radius 2 is 2.15 bits per heavy atom. The molecule has 2 amide bonds. The Morgan fingerprint density at radius 1 is 1.45 bits per heavy atom. The van der Waals surface area contributed by atoms with Crippen LogP contribution in [0.25, 0.3) is 0 Å². The number of carbonyl (C=O) groups is 1. The predicted molar refractivity (Wildman–Crippen MR) is 77.3 cm³/mol. The highest BCUT2D eigenvalue weighted by molar-refractivity contribution is 6.31. The number of urea groups is 1. The van der Waals surface area contributed by atoms with Gasteiger partial charge in [0.1, 0.15) is 5.82 Å². The maximum absolute atomic E-state index is 13.5. The van der Waals surface area contributed by atoms with E-state index in [2.05, 4.69) is 22.6 Å². The molecule has 1 aromatic carbocycles. The van der Waals surface area contributed by atoms with Gasteiger partial charge in [0.25, 0.3) is 0 Å². The van der Waals surface area contributed by atoms with E-state index in [1.54, 1.807) is 12.1 Å². The Morgan fingerprint density at radius 3 is 2.80 bits per heavy atom. The summed E-state index contributed by atoms with van der Waals surface area (Å²) in [7, 11) is 2.07. The number of amides is 2. The van der Waals surface area contributed by atoms with Crippen LogP contribution in [0.4, 0.5) is 9.18 Å². The van der Waals surface area contributed by atoms with Crippen LogP contribution >= 0.6 is 11.6 Å². The highest BCUT2D eigenvalue weighted by atomic mass is 35.5. The molecule has 1 heterocycles. The topological polar surface area (TPSA) is 44.4 Å². The molecule has 2 N–H and O–H groups in total. The number of nitrogens with zero attached hydrogens (tertiary/aromatic N) is 1. The fourth-order valence-corrected chi connectivity index (χ4v) is 2.49. The van der Waals surface area contributed by atoms with Crippen LogP contribution in [0.3, 0.4) is 0 Å². The van der Waals surface area contributed by atoms with E-state index < -0.39 is 5.82 Å². The number of carbonyl (C=O) groups excluding carboxylic acids is 1. The molecule has 0 atom stereocenters. The lowest BCUT2D eigenvalue weighted by molar-refractivity contribution is 0.213. The summed E-state index contributed by atoms with van der Waals surface area (Å²) >= 11 is 5.90. The van der Waals surface area contributed by atoms with Gasteiger partial charge in [0.2, 0.25) is 0 Å². The number of piperidine rings is 1. The van der Waals surface area contributed by atoms with E-state index in [1.165, 1.54) is 6.07 Å². The summed E-state index contributed by atoms with van der Waals surface area (Å²) in [5.74, 6) is -0.405. The molecule has 0 aromatic heterocycles. The monoisotopic (exact) mass is 299 g/mol. The van der Waals surface area contributed by atoms with Gasteiger partial charge in [0.05, 0.1) is 0 Å². The first kappa shape index (κ1) is 15.1. The first-order chi connectivity index (χ1) is 9.56. The average Bonchev–Trinajstić information content (AvgIpc) is 2.41. The fourth-order valence-electron chi connectivity index (χ4n) is 2.26. The summed E-state index contributed by atoms with van der Waals surface area (Å²) in [6.07, 6.45) is 1.87. The van der Waals surface area contributed by atoms with Crippen molar-refractivity contribution in [1.29, 1.82) is 0 Å². The molecule has 1 saturated heterocycles. The lowest BCUT2D eigenvalue weighted by atomic mass is 10.1. The molecule has 6 heteroatoms. The zero-order valence-corrected chi connectivity index (χ0v) is 12.2. The summed E-state index contributed by atoms with van der Waals surface area (Å²) in [6.45, 7) is 2.04. The second kappa shape index (κ2) is 6.90. The molecule has 20 heavy (non-hydrogen) atoms. The predicted octanol–water partition coefficient (Wildman–Crippen LogP) is 2.37. The summed E-state index contributed by atoms with van der Waals surface area (Å²) in [6, 6.07) is 4.38. The minimum atomic E-state index is -0.405. The lowest BCUT2D eigenvalue weighted by Gasteiger charge is -2.29. The summed E-state index contributed by atoms with van der Waals surface area (Å²) in [4.78, 5) is 14.0. The van der Waals surface area contributed by atoms with E-state index in [9.17, 15) is 9.18 Å². The normalized spacial score (nSPS) is 16.9. The molecule has 0 saturated carbocycles. The van der Waals surface area contributed by atoms with Gasteiger partial charge in [0, 0.05) is 23.2 Å². The standard InChI is InChI=1S/C14H19ClFN3O/c1-19-7-5-10(6-8-19)18-14(20)17-9-11-12(15)3-2-4-13(11)16/h2-4,10H,5-9H2,1H3,(H2,17,18,20). The van der Waals surface area contributed by atoms with Crippen molar-refractivity contribution in [3.63, 3.8) is 0 Å². The second-order valence-corrected chi connectivity index (χ2v) is 5.51. The molecule has 4 nitrogen and oxygen atoms in total. The third-order valence-electron chi connectivity index (χ3n) is 3.54. The molecule has 0 radical (unpaired) electrons. The highest BCUT2D eigenvalue weighted by Gasteiger charge is 2.18. The Balaban J connectivity index is 1.80. The van der Waals surface area contributed by atoms with E-state index in [4.69, 9.17) is 11.6 Å². The van der Waals surface area contributed by atoms with Crippen LogP contribution in [-0.2, 0) is 6.54 Å². The van der Waals surface area contributed by atoms with Crippen LogP contribution < -0.4 is 10.6 Å². The third kappa shape index (κ3) is 4.08. The Bertz CT molecular complexity index is 455. The summed E-state index contributed by atoms with van der Waals surface area (Å²) < 4.78 is 13.5. The molecule has 1 aromatic rings. The number of hydrogen-bond donors (Lipinski definition) is 2. The summed E-state index contributed by atoms with van der Waals surface area (Å²) in [5.41, 5.74) is 0.313. The van der Waals surface area contributed by atoms with Gasteiger partial charge in [-0.15, -0.1) is 0 Å². The van der Waals surface area contributed by atoms with Crippen molar-refractivity contribution in [3.05, 3.63) is 34.6 Å². The van der Waals surface area contributed by atoms with Crippen LogP contribution in [0.5, 0.6) is 0 Å². The number of rotatable bonds is 3. The van der Waals surface area contributed by atoms with Crippen molar-refractivity contribution in [2.75, 3.05) is 20.1 Å². The molecule has 1 fully saturated rings. The molecule has 0 spiro atoms. The molecule has 1 aliphatic heterocycles. The SMILES string of the molecule is CN1CCC(NC(=O)NCc2c(F)cccc2Cl)CC1. The second-order valence-electron chi connectivity index (χ2n) is 5.10. The van der Waals surface area contributed by atoms with Gasteiger partial charge in [0.15, 0.2) is 0 Å². The Kier molecular flexibility index (Phi) is 5.20. The van der Waals surface area contributed by atoms with Gasteiger partial charge in [-0.05, 0) is 45.1 Å². The van der Waals surface area contributed by atoms with E-state index in [1.807, 2.05) is 0 Å².